The summed E-state index contributed by atoms with van der Waals surface area (Å²) < 4.78 is 5.23. The third-order valence-electron chi connectivity index (χ3n) is 4.37. The Morgan fingerprint density at radius 1 is 1.14 bits per heavy atom. The Morgan fingerprint density at radius 3 is 2.32 bits per heavy atom. The maximum atomic E-state index is 5.53. The smallest absolute Gasteiger partial charge is 0.167 e. The maximum absolute atomic E-state index is 5.53. The molecule has 122 valence electrons. The fourth-order valence-electron chi connectivity index (χ4n) is 3.06. The van der Waals surface area contributed by atoms with Crippen LogP contribution in [0.5, 0.6) is 5.75 Å². The lowest BCUT2D eigenvalue weighted by atomic mass is 9.95. The van der Waals surface area contributed by atoms with Crippen molar-refractivity contribution in [1.29, 1.82) is 0 Å². The molecule has 0 bridgehead atoms. The number of methoxy groups -OCH3 is 1. The van der Waals surface area contributed by atoms with Gasteiger partial charge in [0, 0.05) is 6.04 Å². The molecule has 4 heteroatoms. The zero-order valence-corrected chi connectivity index (χ0v) is 14.7. The van der Waals surface area contributed by atoms with Crippen molar-refractivity contribution >= 4 is 17.3 Å². The monoisotopic (exact) mass is 320 g/mol. The SMILES string of the molecule is COc1ccc([C@H](NC(=S)NC2CCCCC2)C(C)C)cc1. The maximum Gasteiger partial charge on any atom is 0.167 e. The quantitative estimate of drug-likeness (QED) is 0.797. The van der Waals surface area contributed by atoms with Crippen LogP contribution in [-0.4, -0.2) is 18.3 Å². The third-order valence-corrected chi connectivity index (χ3v) is 4.60. The van der Waals surface area contributed by atoms with Crippen molar-refractivity contribution in [3.8, 4) is 5.75 Å². The van der Waals surface area contributed by atoms with Gasteiger partial charge in [0.25, 0.3) is 0 Å². The van der Waals surface area contributed by atoms with E-state index in [0.717, 1.165) is 10.9 Å². The highest BCUT2D eigenvalue weighted by atomic mass is 32.1. The van der Waals surface area contributed by atoms with Crippen molar-refractivity contribution in [2.45, 2.75) is 58.0 Å². The van der Waals surface area contributed by atoms with E-state index >= 15 is 0 Å². The lowest BCUT2D eigenvalue weighted by Gasteiger charge is -2.29. The van der Waals surface area contributed by atoms with E-state index < -0.39 is 0 Å². The lowest BCUT2D eigenvalue weighted by Crippen LogP contribution is -2.45. The van der Waals surface area contributed by atoms with E-state index in [9.17, 15) is 0 Å². The van der Waals surface area contributed by atoms with Crippen LogP contribution in [0.2, 0.25) is 0 Å². The molecule has 0 spiro atoms. The van der Waals surface area contributed by atoms with Gasteiger partial charge in [-0.15, -0.1) is 0 Å². The van der Waals surface area contributed by atoms with Crippen LogP contribution in [0, 0.1) is 5.92 Å². The fraction of sp³-hybridized carbons (Fsp3) is 0.611. The average molecular weight is 321 g/mol. The number of hydrogen-bond acceptors (Lipinski definition) is 2. The van der Waals surface area contributed by atoms with Crippen molar-refractivity contribution in [2.75, 3.05) is 7.11 Å². The summed E-state index contributed by atoms with van der Waals surface area (Å²) in [4.78, 5) is 0. The van der Waals surface area contributed by atoms with Crippen molar-refractivity contribution < 1.29 is 4.74 Å². The number of benzene rings is 1. The zero-order valence-electron chi connectivity index (χ0n) is 13.9. The molecule has 3 nitrogen and oxygen atoms in total. The number of ether oxygens (including phenoxy) is 1. The minimum absolute atomic E-state index is 0.217. The van der Waals surface area contributed by atoms with Crippen LogP contribution in [0.25, 0.3) is 0 Å². The molecule has 1 atom stereocenters. The van der Waals surface area contributed by atoms with Gasteiger partial charge in [-0.25, -0.2) is 0 Å². The van der Waals surface area contributed by atoms with Crippen LogP contribution in [-0.2, 0) is 0 Å². The third kappa shape index (κ3) is 4.87. The molecule has 22 heavy (non-hydrogen) atoms. The molecule has 2 rings (SSSR count). The Labute approximate surface area is 139 Å². The summed E-state index contributed by atoms with van der Waals surface area (Å²) in [5.41, 5.74) is 1.24. The van der Waals surface area contributed by atoms with Crippen LogP contribution < -0.4 is 15.4 Å². The van der Waals surface area contributed by atoms with Crippen LogP contribution in [0.3, 0.4) is 0 Å². The molecule has 1 fully saturated rings. The summed E-state index contributed by atoms with van der Waals surface area (Å²) in [5, 5.41) is 7.77. The molecule has 0 aliphatic heterocycles. The molecule has 0 saturated heterocycles. The van der Waals surface area contributed by atoms with E-state index in [1.807, 2.05) is 12.1 Å². The summed E-state index contributed by atoms with van der Waals surface area (Å²) >= 11 is 5.53. The molecule has 0 heterocycles. The standard InChI is InChI=1S/C18H28N2OS/c1-13(2)17(14-9-11-16(21-3)12-10-14)20-18(22)19-15-7-5-4-6-8-15/h9-13,15,17H,4-8H2,1-3H3,(H2,19,20,22)/t17-/m1/s1. The Kier molecular flexibility index (Phi) is 6.49. The highest BCUT2D eigenvalue weighted by Gasteiger charge is 2.19. The molecule has 1 saturated carbocycles. The van der Waals surface area contributed by atoms with Gasteiger partial charge < -0.3 is 15.4 Å². The van der Waals surface area contributed by atoms with Crippen LogP contribution in [0.1, 0.15) is 57.6 Å². The second-order valence-corrected chi connectivity index (χ2v) is 6.86. The van der Waals surface area contributed by atoms with Crippen molar-refractivity contribution in [1.82, 2.24) is 10.6 Å². The van der Waals surface area contributed by atoms with Gasteiger partial charge in [-0.05, 0) is 48.7 Å². The van der Waals surface area contributed by atoms with Gasteiger partial charge in [0.05, 0.1) is 13.2 Å². The van der Waals surface area contributed by atoms with E-state index in [1.54, 1.807) is 7.11 Å². The van der Waals surface area contributed by atoms with E-state index in [4.69, 9.17) is 17.0 Å². The lowest BCUT2D eigenvalue weighted by molar-refractivity contribution is 0.403. The number of thiocarbonyl (C=S) groups is 1. The predicted molar refractivity (Wildman–Crippen MR) is 96.3 cm³/mol. The van der Waals surface area contributed by atoms with Crippen LogP contribution in [0.4, 0.5) is 0 Å². The first-order valence-corrected chi connectivity index (χ1v) is 8.72. The zero-order chi connectivity index (χ0) is 15.9. The van der Waals surface area contributed by atoms with Gasteiger partial charge in [-0.1, -0.05) is 45.2 Å². The van der Waals surface area contributed by atoms with E-state index in [-0.39, 0.29) is 6.04 Å². The number of hydrogen-bond donors (Lipinski definition) is 2. The summed E-state index contributed by atoms with van der Waals surface area (Å²) in [6.45, 7) is 4.43. The minimum atomic E-state index is 0.217. The van der Waals surface area contributed by atoms with Crippen molar-refractivity contribution in [3.63, 3.8) is 0 Å². The largest absolute Gasteiger partial charge is 0.497 e. The molecule has 1 aliphatic rings. The molecule has 1 aromatic carbocycles. The van der Waals surface area contributed by atoms with Gasteiger partial charge >= 0.3 is 0 Å². The molecule has 2 N–H and O–H groups in total. The molecule has 1 aliphatic carbocycles. The van der Waals surface area contributed by atoms with Crippen LogP contribution in [0.15, 0.2) is 24.3 Å². The van der Waals surface area contributed by atoms with Gasteiger partial charge in [-0.3, -0.25) is 0 Å². The first kappa shape index (κ1) is 17.1. The molecule has 0 unspecified atom stereocenters. The summed E-state index contributed by atoms with van der Waals surface area (Å²) in [7, 11) is 1.69. The van der Waals surface area contributed by atoms with Crippen molar-refractivity contribution in [2.24, 2.45) is 5.92 Å². The summed E-state index contributed by atoms with van der Waals surface area (Å²) in [6.07, 6.45) is 6.45. The fourth-order valence-corrected chi connectivity index (χ4v) is 3.36. The number of rotatable bonds is 5. The van der Waals surface area contributed by atoms with E-state index in [1.165, 1.54) is 37.7 Å². The Bertz CT molecular complexity index is 466. The van der Waals surface area contributed by atoms with Gasteiger partial charge in [0.15, 0.2) is 5.11 Å². The molecular formula is C18H28N2OS. The van der Waals surface area contributed by atoms with E-state index in [2.05, 4.69) is 36.6 Å². The Balaban J connectivity index is 1.96. The Hall–Kier alpha value is -1.29. The van der Waals surface area contributed by atoms with Gasteiger partial charge in [0.1, 0.15) is 5.75 Å². The summed E-state index contributed by atoms with van der Waals surface area (Å²) in [6, 6.07) is 8.99. The van der Waals surface area contributed by atoms with E-state index in [0.29, 0.717) is 12.0 Å². The highest BCUT2D eigenvalue weighted by molar-refractivity contribution is 7.80. The summed E-state index contributed by atoms with van der Waals surface area (Å²) in [5.74, 6) is 1.34. The second-order valence-electron chi connectivity index (χ2n) is 6.45. The van der Waals surface area contributed by atoms with Gasteiger partial charge in [-0.2, -0.15) is 0 Å². The average Bonchev–Trinajstić information content (AvgIpc) is 2.53. The van der Waals surface area contributed by atoms with Crippen LogP contribution >= 0.6 is 12.2 Å². The molecule has 0 aromatic heterocycles. The first-order valence-electron chi connectivity index (χ1n) is 8.31. The molecular weight excluding hydrogens is 292 g/mol. The number of nitrogens with one attached hydrogen (secondary N) is 2. The normalized spacial score (nSPS) is 17.1. The topological polar surface area (TPSA) is 33.3 Å². The molecule has 1 aromatic rings. The minimum Gasteiger partial charge on any atom is -0.497 e. The predicted octanol–water partition coefficient (Wildman–Crippen LogP) is 4.19. The first-order chi connectivity index (χ1) is 10.6. The van der Waals surface area contributed by atoms with Crippen molar-refractivity contribution in [3.05, 3.63) is 29.8 Å². The second kappa shape index (κ2) is 8.37. The molecule has 0 radical (unpaired) electrons. The van der Waals surface area contributed by atoms with Gasteiger partial charge in [0.2, 0.25) is 0 Å². The highest BCUT2D eigenvalue weighted by Crippen LogP contribution is 2.24. The molecule has 0 amide bonds. The Morgan fingerprint density at radius 2 is 1.77 bits per heavy atom.